The number of phosphoric acid groups is 1. The first-order valence-corrected chi connectivity index (χ1v) is 31.5. The maximum atomic E-state index is 12.6. The molecule has 0 spiro atoms. The van der Waals surface area contributed by atoms with E-state index in [4.69, 9.17) is 24.3 Å². The molecule has 0 saturated heterocycles. The van der Waals surface area contributed by atoms with Crippen LogP contribution in [0.15, 0.2) is 0 Å². The Morgan fingerprint density at radius 2 is 0.632 bits per heavy atom. The highest BCUT2D eigenvalue weighted by Gasteiger charge is 2.26. The predicted molar refractivity (Wildman–Crippen MR) is 289 cm³/mol. The van der Waals surface area contributed by atoms with Gasteiger partial charge < -0.3 is 20.1 Å². The quantitative estimate of drug-likeness (QED) is 0.0347. The number of rotatable bonds is 58. The molecule has 0 rings (SSSR count). The second-order valence-electron chi connectivity index (χ2n) is 20.6. The Kier molecular flexibility index (Phi) is 54.5. The Balaban J connectivity index is 3.64. The highest BCUT2D eigenvalue weighted by Crippen LogP contribution is 2.43. The zero-order valence-electron chi connectivity index (χ0n) is 45.4. The van der Waals surface area contributed by atoms with Gasteiger partial charge in [0, 0.05) is 19.4 Å². The molecule has 406 valence electrons. The molecular weight excluding hydrogens is 870 g/mol. The molecule has 3 N–H and O–H groups in total. The van der Waals surface area contributed by atoms with Crippen molar-refractivity contribution in [1.29, 1.82) is 0 Å². The fraction of sp³-hybridized carbons (Fsp3) is 0.966. The van der Waals surface area contributed by atoms with E-state index >= 15 is 0 Å². The van der Waals surface area contributed by atoms with Gasteiger partial charge in [-0.3, -0.25) is 18.6 Å². The standard InChI is InChI=1S/C58H116NO8P/c1-3-5-7-9-11-13-14-15-16-17-18-19-20-21-22-23-24-25-26-27-28-29-30-31-32-33-34-35-36-37-38-39-40-41-43-45-47-49-51-58(61)67-56(55-66-68(62,63)65-53-52-59)54-64-57(60)50-48-46-44-42-12-10-8-6-4-2/h56H,3-55,59H2,1-2H3,(H,62,63). The highest BCUT2D eigenvalue weighted by atomic mass is 31.2. The molecule has 0 aliphatic heterocycles. The minimum Gasteiger partial charge on any atom is -0.462 e. The second kappa shape index (κ2) is 55.3. The lowest BCUT2D eigenvalue weighted by molar-refractivity contribution is -0.161. The van der Waals surface area contributed by atoms with Gasteiger partial charge in [-0.2, -0.15) is 0 Å². The van der Waals surface area contributed by atoms with Crippen molar-refractivity contribution in [2.75, 3.05) is 26.4 Å². The predicted octanol–water partition coefficient (Wildman–Crippen LogP) is 18.7. The highest BCUT2D eigenvalue weighted by molar-refractivity contribution is 7.47. The molecule has 0 bridgehead atoms. The van der Waals surface area contributed by atoms with Gasteiger partial charge in [-0.1, -0.05) is 303 Å². The van der Waals surface area contributed by atoms with Gasteiger partial charge in [0.05, 0.1) is 13.2 Å². The SMILES string of the molecule is CCCCCCCCCCCCCCCCCCCCCCCCCCCCCCCCCCCCCCCCC(=O)OC(COC(=O)CCCCCCCCCCC)COP(=O)(O)OCCN. The minimum atomic E-state index is -4.37. The molecule has 0 aromatic carbocycles. The van der Waals surface area contributed by atoms with Crippen molar-refractivity contribution >= 4 is 19.8 Å². The third-order valence-electron chi connectivity index (χ3n) is 13.7. The van der Waals surface area contributed by atoms with Crippen LogP contribution in [0.1, 0.15) is 328 Å². The summed E-state index contributed by atoms with van der Waals surface area (Å²) in [4.78, 5) is 34.9. The number of phosphoric ester groups is 1. The van der Waals surface area contributed by atoms with E-state index in [1.54, 1.807) is 0 Å². The monoisotopic (exact) mass is 986 g/mol. The summed E-state index contributed by atoms with van der Waals surface area (Å²) < 4.78 is 32.9. The molecule has 0 aromatic rings. The third kappa shape index (κ3) is 54.3. The number of nitrogens with two attached hydrogens (primary N) is 1. The van der Waals surface area contributed by atoms with Crippen LogP contribution in [0.5, 0.6) is 0 Å². The van der Waals surface area contributed by atoms with Crippen LogP contribution in [0.2, 0.25) is 0 Å². The molecule has 0 amide bonds. The summed E-state index contributed by atoms with van der Waals surface area (Å²) in [7, 11) is -4.37. The van der Waals surface area contributed by atoms with Crippen LogP contribution in [0.4, 0.5) is 0 Å². The Hall–Kier alpha value is -0.990. The summed E-state index contributed by atoms with van der Waals surface area (Å²) >= 11 is 0. The van der Waals surface area contributed by atoms with Gasteiger partial charge in [-0.05, 0) is 12.8 Å². The average Bonchev–Trinajstić information content (AvgIpc) is 3.33. The van der Waals surface area contributed by atoms with E-state index in [9.17, 15) is 19.0 Å². The maximum absolute atomic E-state index is 12.6. The van der Waals surface area contributed by atoms with Crippen molar-refractivity contribution in [3.05, 3.63) is 0 Å². The Labute approximate surface area is 422 Å². The first-order chi connectivity index (χ1) is 33.3. The van der Waals surface area contributed by atoms with Crippen molar-refractivity contribution in [2.45, 2.75) is 335 Å². The zero-order valence-corrected chi connectivity index (χ0v) is 46.3. The van der Waals surface area contributed by atoms with Crippen molar-refractivity contribution in [3.8, 4) is 0 Å². The van der Waals surface area contributed by atoms with E-state index in [1.165, 1.54) is 263 Å². The second-order valence-corrected chi connectivity index (χ2v) is 22.0. The van der Waals surface area contributed by atoms with Gasteiger partial charge in [0.25, 0.3) is 0 Å². The fourth-order valence-electron chi connectivity index (χ4n) is 9.29. The van der Waals surface area contributed by atoms with Gasteiger partial charge in [-0.15, -0.1) is 0 Å². The van der Waals surface area contributed by atoms with Crippen LogP contribution in [0.25, 0.3) is 0 Å². The lowest BCUT2D eigenvalue weighted by Crippen LogP contribution is -2.29. The molecule has 0 aromatic heterocycles. The molecule has 0 heterocycles. The van der Waals surface area contributed by atoms with Crippen LogP contribution in [0, 0.1) is 0 Å². The van der Waals surface area contributed by atoms with E-state index < -0.39 is 26.5 Å². The van der Waals surface area contributed by atoms with Crippen LogP contribution >= 0.6 is 7.82 Å². The first kappa shape index (κ1) is 67.0. The zero-order chi connectivity index (χ0) is 49.5. The van der Waals surface area contributed by atoms with E-state index in [2.05, 4.69) is 13.8 Å². The van der Waals surface area contributed by atoms with Gasteiger partial charge in [0.15, 0.2) is 6.10 Å². The summed E-state index contributed by atoms with van der Waals surface area (Å²) in [5, 5.41) is 0. The first-order valence-electron chi connectivity index (χ1n) is 30.0. The minimum absolute atomic E-state index is 0.0581. The normalized spacial score (nSPS) is 12.9. The molecular formula is C58H116NO8P. The van der Waals surface area contributed by atoms with E-state index in [-0.39, 0.29) is 38.6 Å². The fourth-order valence-corrected chi connectivity index (χ4v) is 10.1. The number of ether oxygens (including phenoxy) is 2. The largest absolute Gasteiger partial charge is 0.472 e. The molecule has 68 heavy (non-hydrogen) atoms. The molecule has 0 aliphatic carbocycles. The number of carbonyl (C=O) groups is 2. The number of esters is 2. The molecule has 0 fully saturated rings. The maximum Gasteiger partial charge on any atom is 0.472 e. The Morgan fingerprint density at radius 3 is 0.897 bits per heavy atom. The van der Waals surface area contributed by atoms with Crippen LogP contribution < -0.4 is 5.73 Å². The summed E-state index contributed by atoms with van der Waals surface area (Å²) in [5.74, 6) is -0.812. The van der Waals surface area contributed by atoms with E-state index in [0.717, 1.165) is 32.1 Å². The summed E-state index contributed by atoms with van der Waals surface area (Å²) in [6, 6.07) is 0. The van der Waals surface area contributed by atoms with E-state index in [1.807, 2.05) is 0 Å². The number of unbranched alkanes of at least 4 members (excludes halogenated alkanes) is 45. The van der Waals surface area contributed by atoms with Crippen molar-refractivity contribution < 1.29 is 37.6 Å². The number of carbonyl (C=O) groups excluding carboxylic acids is 2. The third-order valence-corrected chi connectivity index (χ3v) is 14.7. The molecule has 9 nitrogen and oxygen atoms in total. The van der Waals surface area contributed by atoms with Crippen LogP contribution in [-0.2, 0) is 32.7 Å². The summed E-state index contributed by atoms with van der Waals surface area (Å²) in [6.45, 7) is 3.77. The molecule has 10 heteroatoms. The number of hydrogen-bond acceptors (Lipinski definition) is 8. The van der Waals surface area contributed by atoms with Crippen molar-refractivity contribution in [1.82, 2.24) is 0 Å². The molecule has 2 atom stereocenters. The smallest absolute Gasteiger partial charge is 0.462 e. The van der Waals surface area contributed by atoms with Gasteiger partial charge in [0.2, 0.25) is 0 Å². The van der Waals surface area contributed by atoms with Crippen LogP contribution in [0.3, 0.4) is 0 Å². The molecule has 0 aliphatic rings. The lowest BCUT2D eigenvalue weighted by Gasteiger charge is -2.19. The van der Waals surface area contributed by atoms with Crippen molar-refractivity contribution in [2.24, 2.45) is 5.73 Å². The summed E-state index contributed by atoms with van der Waals surface area (Å²) in [5.41, 5.74) is 5.36. The van der Waals surface area contributed by atoms with Gasteiger partial charge in [-0.25, -0.2) is 4.57 Å². The number of hydrogen-bond donors (Lipinski definition) is 2. The topological polar surface area (TPSA) is 134 Å². The lowest BCUT2D eigenvalue weighted by atomic mass is 10.0. The van der Waals surface area contributed by atoms with Crippen LogP contribution in [-0.4, -0.2) is 49.3 Å². The van der Waals surface area contributed by atoms with Crippen molar-refractivity contribution in [3.63, 3.8) is 0 Å². The summed E-state index contributed by atoms with van der Waals surface area (Å²) in [6.07, 6.45) is 62.2. The Morgan fingerprint density at radius 1 is 0.382 bits per heavy atom. The van der Waals surface area contributed by atoms with Gasteiger partial charge in [0.1, 0.15) is 6.61 Å². The molecule has 2 unspecified atom stereocenters. The molecule has 0 saturated carbocycles. The van der Waals surface area contributed by atoms with E-state index in [0.29, 0.717) is 6.42 Å². The molecule has 0 radical (unpaired) electrons. The van der Waals surface area contributed by atoms with Gasteiger partial charge >= 0.3 is 19.8 Å². The average molecular weight is 987 g/mol. The Bertz CT molecular complexity index is 1080.